The van der Waals surface area contributed by atoms with Gasteiger partial charge in [0, 0.05) is 35.8 Å². The van der Waals surface area contributed by atoms with E-state index in [1.807, 2.05) is 18.3 Å². The van der Waals surface area contributed by atoms with Crippen molar-refractivity contribution in [2.24, 2.45) is 17.1 Å². The number of nitrogens with zero attached hydrogens (tertiary/aromatic N) is 3. The van der Waals surface area contributed by atoms with Gasteiger partial charge in [0.15, 0.2) is 0 Å². The van der Waals surface area contributed by atoms with Gasteiger partial charge in [-0.25, -0.2) is 4.52 Å². The van der Waals surface area contributed by atoms with Gasteiger partial charge in [-0.1, -0.05) is 20.8 Å². The minimum atomic E-state index is -0.491. The number of hydrogen-bond acceptors (Lipinski definition) is 5. The number of anilines is 2. The second-order valence-electron chi connectivity index (χ2n) is 8.36. The second kappa shape index (κ2) is 6.51. The van der Waals surface area contributed by atoms with E-state index in [-0.39, 0.29) is 11.5 Å². The highest BCUT2D eigenvalue weighted by molar-refractivity contribution is 6.02. The molecule has 0 aliphatic heterocycles. The third-order valence-electron chi connectivity index (χ3n) is 6.37. The molecule has 0 radical (unpaired) electrons. The third kappa shape index (κ3) is 2.96. The molecule has 5 N–H and O–H groups in total. The van der Waals surface area contributed by atoms with Crippen LogP contribution in [-0.4, -0.2) is 26.5 Å². The number of carbonyl (C=O) groups excluding carboxylic acids is 1. The Bertz CT molecular complexity index is 1050. The minimum Gasteiger partial charge on any atom is -0.397 e. The monoisotopic (exact) mass is 378 g/mol. The Hall–Kier alpha value is -3.09. The molecule has 28 heavy (non-hydrogen) atoms. The fraction of sp³-hybridized carbons (Fsp3) is 0.381. The van der Waals surface area contributed by atoms with E-state index >= 15 is 0 Å². The summed E-state index contributed by atoms with van der Waals surface area (Å²) in [6.07, 6.45) is 9.01. The maximum Gasteiger partial charge on any atom is 0.252 e. The number of nitrogens with two attached hydrogens (primary N) is 2. The fourth-order valence-corrected chi connectivity index (χ4v) is 4.11. The van der Waals surface area contributed by atoms with Crippen molar-refractivity contribution < 1.29 is 4.79 Å². The maximum absolute atomic E-state index is 12.1. The summed E-state index contributed by atoms with van der Waals surface area (Å²) in [6.45, 7) is 6.82. The predicted molar refractivity (Wildman–Crippen MR) is 111 cm³/mol. The van der Waals surface area contributed by atoms with Gasteiger partial charge in [0.2, 0.25) is 0 Å². The summed E-state index contributed by atoms with van der Waals surface area (Å²) in [5, 5.41) is 8.01. The lowest BCUT2D eigenvalue weighted by atomic mass is 9.80. The van der Waals surface area contributed by atoms with Crippen LogP contribution in [0.2, 0.25) is 0 Å². The molecule has 0 bridgehead atoms. The summed E-state index contributed by atoms with van der Waals surface area (Å²) in [5.74, 6) is 0.107. The summed E-state index contributed by atoms with van der Waals surface area (Å²) >= 11 is 0. The maximum atomic E-state index is 12.1. The van der Waals surface area contributed by atoms with Gasteiger partial charge in [0.05, 0.1) is 28.7 Å². The van der Waals surface area contributed by atoms with E-state index in [9.17, 15) is 4.79 Å². The van der Waals surface area contributed by atoms with Crippen molar-refractivity contribution in [2.75, 3.05) is 11.1 Å². The number of aromatic nitrogens is 3. The van der Waals surface area contributed by atoms with Crippen LogP contribution in [0.25, 0.3) is 16.6 Å². The number of hydrogen-bond donors (Lipinski definition) is 3. The molecule has 1 amide bonds. The van der Waals surface area contributed by atoms with E-state index in [0.717, 1.165) is 35.2 Å². The molecule has 1 aliphatic carbocycles. The SMILES string of the molecule is CC1CC[C@@H](Nc2c(C(N)=O)cnn3cc(-c4cncc(N)c4)cc23)C1(C)C. The summed E-state index contributed by atoms with van der Waals surface area (Å²) in [5.41, 5.74) is 16.0. The molecule has 2 atom stereocenters. The van der Waals surface area contributed by atoms with Gasteiger partial charge in [-0.3, -0.25) is 9.78 Å². The third-order valence-corrected chi connectivity index (χ3v) is 6.37. The lowest BCUT2D eigenvalue weighted by molar-refractivity contribution is 0.100. The smallest absolute Gasteiger partial charge is 0.252 e. The topological polar surface area (TPSA) is 111 Å². The van der Waals surface area contributed by atoms with E-state index in [0.29, 0.717) is 17.2 Å². The zero-order chi connectivity index (χ0) is 20.1. The van der Waals surface area contributed by atoms with E-state index in [1.54, 1.807) is 16.9 Å². The van der Waals surface area contributed by atoms with Gasteiger partial charge in [0.25, 0.3) is 5.91 Å². The van der Waals surface area contributed by atoms with Gasteiger partial charge >= 0.3 is 0 Å². The Kier molecular flexibility index (Phi) is 4.25. The van der Waals surface area contributed by atoms with Gasteiger partial charge in [-0.2, -0.15) is 5.10 Å². The summed E-state index contributed by atoms with van der Waals surface area (Å²) in [7, 11) is 0. The molecule has 1 saturated carbocycles. The number of fused-ring (bicyclic) bond motifs is 1. The Labute approximate surface area is 164 Å². The van der Waals surface area contributed by atoms with E-state index in [2.05, 4.69) is 36.2 Å². The number of nitrogens with one attached hydrogen (secondary N) is 1. The number of amides is 1. The summed E-state index contributed by atoms with van der Waals surface area (Å²) in [6, 6.07) is 4.11. The van der Waals surface area contributed by atoms with Crippen LogP contribution < -0.4 is 16.8 Å². The zero-order valence-corrected chi connectivity index (χ0v) is 16.4. The summed E-state index contributed by atoms with van der Waals surface area (Å²) in [4.78, 5) is 16.3. The first-order valence-corrected chi connectivity index (χ1v) is 9.56. The highest BCUT2D eigenvalue weighted by Gasteiger charge is 2.41. The number of primary amides is 1. The van der Waals surface area contributed by atoms with Crippen LogP contribution in [0.5, 0.6) is 0 Å². The first-order valence-electron chi connectivity index (χ1n) is 9.56. The molecule has 3 aromatic rings. The average molecular weight is 378 g/mol. The van der Waals surface area contributed by atoms with Gasteiger partial charge in [0.1, 0.15) is 0 Å². The first-order chi connectivity index (χ1) is 13.3. The van der Waals surface area contributed by atoms with Crippen molar-refractivity contribution in [2.45, 2.75) is 39.7 Å². The molecule has 1 fully saturated rings. The lowest BCUT2D eigenvalue weighted by Gasteiger charge is -2.33. The van der Waals surface area contributed by atoms with Crippen LogP contribution in [0.3, 0.4) is 0 Å². The molecule has 146 valence electrons. The van der Waals surface area contributed by atoms with Crippen molar-refractivity contribution in [3.05, 3.63) is 42.5 Å². The molecule has 0 saturated heterocycles. The number of nitrogen functional groups attached to an aromatic ring is 1. The standard InChI is InChI=1S/C21H26N6O/c1-12-4-5-18(21(12,2)3)26-19-16(20(23)28)10-25-27-11-14(7-17(19)27)13-6-15(22)9-24-8-13/h6-12,18,26H,4-5,22H2,1-3H3,(H2,23,28)/t12?,18-/m1/s1. The van der Waals surface area contributed by atoms with Crippen LogP contribution in [-0.2, 0) is 0 Å². The highest BCUT2D eigenvalue weighted by atomic mass is 16.1. The van der Waals surface area contributed by atoms with Crippen LogP contribution in [0.15, 0.2) is 36.9 Å². The van der Waals surface area contributed by atoms with E-state index < -0.39 is 5.91 Å². The summed E-state index contributed by atoms with van der Waals surface area (Å²) < 4.78 is 1.76. The number of carbonyl (C=O) groups is 1. The molecule has 1 unspecified atom stereocenters. The van der Waals surface area contributed by atoms with Crippen molar-refractivity contribution >= 4 is 22.8 Å². The normalized spacial score (nSPS) is 21.1. The van der Waals surface area contributed by atoms with E-state index in [1.165, 1.54) is 6.20 Å². The Morgan fingerprint density at radius 3 is 2.64 bits per heavy atom. The van der Waals surface area contributed by atoms with Crippen molar-refractivity contribution in [1.29, 1.82) is 0 Å². The van der Waals surface area contributed by atoms with E-state index in [4.69, 9.17) is 11.5 Å². The van der Waals surface area contributed by atoms with Gasteiger partial charge in [-0.05, 0) is 36.3 Å². The highest BCUT2D eigenvalue weighted by Crippen LogP contribution is 2.44. The van der Waals surface area contributed by atoms with Gasteiger partial charge < -0.3 is 16.8 Å². The Morgan fingerprint density at radius 2 is 2.00 bits per heavy atom. The fourth-order valence-electron chi connectivity index (χ4n) is 4.11. The molecule has 3 heterocycles. The van der Waals surface area contributed by atoms with Crippen LogP contribution in [0.4, 0.5) is 11.4 Å². The lowest BCUT2D eigenvalue weighted by Crippen LogP contribution is -2.35. The quantitative estimate of drug-likeness (QED) is 0.645. The first kappa shape index (κ1) is 18.3. The molecule has 3 aromatic heterocycles. The van der Waals surface area contributed by atoms with Gasteiger partial charge in [-0.15, -0.1) is 0 Å². The molecule has 0 aromatic carbocycles. The Morgan fingerprint density at radius 1 is 1.21 bits per heavy atom. The molecule has 4 rings (SSSR count). The predicted octanol–water partition coefficient (Wildman–Crippen LogP) is 3.31. The molecular weight excluding hydrogens is 352 g/mol. The molecule has 0 spiro atoms. The number of rotatable bonds is 4. The second-order valence-corrected chi connectivity index (χ2v) is 8.36. The van der Waals surface area contributed by atoms with Crippen LogP contribution >= 0.6 is 0 Å². The average Bonchev–Trinajstić information content (AvgIpc) is 3.18. The Balaban J connectivity index is 1.83. The minimum absolute atomic E-state index is 0.113. The number of pyridine rings is 1. The zero-order valence-electron chi connectivity index (χ0n) is 16.4. The van der Waals surface area contributed by atoms with Crippen molar-refractivity contribution in [3.63, 3.8) is 0 Å². The molecule has 7 heteroatoms. The van der Waals surface area contributed by atoms with Crippen LogP contribution in [0, 0.1) is 11.3 Å². The van der Waals surface area contributed by atoms with Crippen LogP contribution in [0.1, 0.15) is 44.0 Å². The van der Waals surface area contributed by atoms with Crippen molar-refractivity contribution in [3.8, 4) is 11.1 Å². The molecule has 1 aliphatic rings. The van der Waals surface area contributed by atoms with Crippen molar-refractivity contribution in [1.82, 2.24) is 14.6 Å². The molecular formula is C21H26N6O. The molecule has 7 nitrogen and oxygen atoms in total. The largest absolute Gasteiger partial charge is 0.397 e.